The number of nitrogens with one attached hydrogen (secondary N) is 1. The number of hydrogen-bond donors (Lipinski definition) is 1. The Bertz CT molecular complexity index is 1430. The number of rotatable bonds is 5. The summed E-state index contributed by atoms with van der Waals surface area (Å²) in [4.78, 5) is 28.3. The number of anilines is 1. The number of benzene rings is 2. The second-order valence-corrected chi connectivity index (χ2v) is 8.39. The van der Waals surface area contributed by atoms with Gasteiger partial charge in [0.15, 0.2) is 5.78 Å². The number of carbonyl (C=O) groups excluding carboxylic acids is 1. The van der Waals surface area contributed by atoms with Crippen molar-refractivity contribution in [1.29, 1.82) is 5.26 Å². The van der Waals surface area contributed by atoms with E-state index in [1.807, 2.05) is 6.07 Å². The first-order valence-corrected chi connectivity index (χ1v) is 10.8. The molecule has 8 heteroatoms. The third-order valence-electron chi connectivity index (χ3n) is 4.50. The predicted octanol–water partition coefficient (Wildman–Crippen LogP) is 5.86. The number of hydrogen-bond acceptors (Lipinski definition) is 7. The Morgan fingerprint density at radius 3 is 2.71 bits per heavy atom. The first-order chi connectivity index (χ1) is 14.9. The van der Waals surface area contributed by atoms with Crippen LogP contribution in [0.4, 0.5) is 5.69 Å². The molecule has 2 aromatic carbocycles. The minimum atomic E-state index is -0.488. The lowest BCUT2D eigenvalue weighted by Crippen LogP contribution is -2.03. The quantitative estimate of drug-likeness (QED) is 0.213. The number of ketones is 1. The van der Waals surface area contributed by atoms with E-state index in [9.17, 15) is 14.9 Å². The second-order valence-electron chi connectivity index (χ2n) is 6.62. The van der Waals surface area contributed by atoms with Crippen molar-refractivity contribution in [3.05, 3.63) is 85.6 Å². The lowest BCUT2D eigenvalue weighted by atomic mass is 10.1. The Hall–Kier alpha value is -3.54. The van der Waals surface area contributed by atoms with E-state index >= 15 is 0 Å². The molecule has 0 aliphatic rings. The molecular weight excluding hydrogens is 478 g/mol. The first kappa shape index (κ1) is 20.7. The van der Waals surface area contributed by atoms with E-state index in [-0.39, 0.29) is 5.78 Å². The van der Waals surface area contributed by atoms with Gasteiger partial charge in [0.2, 0.25) is 0 Å². The smallest absolute Gasteiger partial charge is 0.345 e. The highest BCUT2D eigenvalue weighted by Gasteiger charge is 2.14. The Morgan fingerprint density at radius 2 is 2.00 bits per heavy atom. The summed E-state index contributed by atoms with van der Waals surface area (Å²) < 4.78 is 6.27. The van der Waals surface area contributed by atoms with Crippen LogP contribution >= 0.6 is 27.3 Å². The highest BCUT2D eigenvalue weighted by molar-refractivity contribution is 9.10. The molecule has 6 nitrogen and oxygen atoms in total. The van der Waals surface area contributed by atoms with Crippen LogP contribution in [0.1, 0.15) is 22.3 Å². The molecule has 0 saturated carbocycles. The average Bonchev–Trinajstić information content (AvgIpc) is 3.24. The van der Waals surface area contributed by atoms with Gasteiger partial charge in [-0.15, -0.1) is 11.3 Å². The van der Waals surface area contributed by atoms with Crippen molar-refractivity contribution >= 4 is 55.3 Å². The highest BCUT2D eigenvalue weighted by atomic mass is 79.9. The molecule has 2 aromatic heterocycles. The van der Waals surface area contributed by atoms with Gasteiger partial charge in [-0.2, -0.15) is 5.26 Å². The molecule has 0 atom stereocenters. The summed E-state index contributed by atoms with van der Waals surface area (Å²) >= 11 is 4.67. The maximum absolute atomic E-state index is 12.4. The largest absolute Gasteiger partial charge is 0.422 e. The molecule has 1 N–H and O–H groups in total. The van der Waals surface area contributed by atoms with Crippen LogP contribution in [0.5, 0.6) is 0 Å². The number of carbonyl (C=O) groups is 1. The fourth-order valence-corrected chi connectivity index (χ4v) is 4.06. The molecule has 0 spiro atoms. The van der Waals surface area contributed by atoms with Crippen molar-refractivity contribution in [2.45, 2.75) is 6.92 Å². The van der Waals surface area contributed by atoms with Gasteiger partial charge in [0.25, 0.3) is 0 Å². The van der Waals surface area contributed by atoms with Gasteiger partial charge in [0.05, 0.1) is 11.3 Å². The number of aromatic nitrogens is 1. The number of nitriles is 1. The summed E-state index contributed by atoms with van der Waals surface area (Å²) in [5, 5.41) is 15.6. The third kappa shape index (κ3) is 4.48. The minimum absolute atomic E-state index is 0.0133. The molecule has 0 unspecified atom stereocenters. The van der Waals surface area contributed by atoms with E-state index in [4.69, 9.17) is 4.42 Å². The number of Topliss-reactive ketones (excluding diaryl/α,β-unsaturated/α-hetero) is 1. The predicted molar refractivity (Wildman–Crippen MR) is 125 cm³/mol. The van der Waals surface area contributed by atoms with Gasteiger partial charge < -0.3 is 9.73 Å². The molecule has 0 aliphatic heterocycles. The second kappa shape index (κ2) is 8.68. The van der Waals surface area contributed by atoms with Crippen molar-refractivity contribution < 1.29 is 9.21 Å². The van der Waals surface area contributed by atoms with E-state index in [1.165, 1.54) is 18.3 Å². The molecule has 152 valence electrons. The van der Waals surface area contributed by atoms with Gasteiger partial charge in [-0.05, 0) is 55.5 Å². The molecule has 0 fully saturated rings. The molecule has 31 heavy (non-hydrogen) atoms. The summed E-state index contributed by atoms with van der Waals surface area (Å²) in [5.74, 6) is -0.0133. The Labute approximate surface area is 189 Å². The summed E-state index contributed by atoms with van der Waals surface area (Å²) in [6.07, 6.45) is 1.55. The van der Waals surface area contributed by atoms with Gasteiger partial charge >= 0.3 is 5.63 Å². The van der Waals surface area contributed by atoms with Crippen molar-refractivity contribution in [1.82, 2.24) is 4.98 Å². The van der Waals surface area contributed by atoms with Gasteiger partial charge in [0, 0.05) is 32.7 Å². The van der Waals surface area contributed by atoms with Crippen LogP contribution in [0, 0.1) is 11.3 Å². The zero-order valence-electron chi connectivity index (χ0n) is 16.2. The maximum atomic E-state index is 12.4. The standard InChI is InChI=1S/C23H14BrN3O3S/c1-13(28)14-2-5-18(6-3-14)26-11-16(10-25)22-27-20(12-31-22)19-9-15-8-17(24)4-7-21(15)30-23(19)29/h2-9,11-12,26H,1H3/b16-11+. The van der Waals surface area contributed by atoms with Crippen molar-refractivity contribution in [3.8, 4) is 17.3 Å². The molecule has 0 saturated heterocycles. The van der Waals surface area contributed by atoms with Crippen LogP contribution < -0.4 is 10.9 Å². The summed E-state index contributed by atoms with van der Waals surface area (Å²) in [7, 11) is 0. The Kier molecular flexibility index (Phi) is 5.80. The highest BCUT2D eigenvalue weighted by Crippen LogP contribution is 2.27. The van der Waals surface area contributed by atoms with E-state index in [0.717, 1.165) is 15.5 Å². The van der Waals surface area contributed by atoms with Crippen LogP contribution in [0.25, 0.3) is 27.8 Å². The fraction of sp³-hybridized carbons (Fsp3) is 0.0435. The molecule has 4 aromatic rings. The zero-order valence-corrected chi connectivity index (χ0v) is 18.6. The van der Waals surface area contributed by atoms with Crippen LogP contribution in [0.15, 0.2) is 73.8 Å². The lowest BCUT2D eigenvalue weighted by Gasteiger charge is -2.02. The fourth-order valence-electron chi connectivity index (χ4n) is 2.89. The van der Waals surface area contributed by atoms with Crippen molar-refractivity contribution in [2.75, 3.05) is 5.32 Å². The Balaban J connectivity index is 1.62. The van der Waals surface area contributed by atoms with Crippen molar-refractivity contribution in [2.24, 2.45) is 0 Å². The third-order valence-corrected chi connectivity index (χ3v) is 5.87. The van der Waals surface area contributed by atoms with E-state index in [2.05, 4.69) is 32.3 Å². The Morgan fingerprint density at radius 1 is 1.23 bits per heavy atom. The maximum Gasteiger partial charge on any atom is 0.345 e. The minimum Gasteiger partial charge on any atom is -0.422 e. The SMILES string of the molecule is CC(=O)c1ccc(N/C=C(\C#N)c2nc(-c3cc4cc(Br)ccc4oc3=O)cs2)cc1. The van der Waals surface area contributed by atoms with Crippen LogP contribution in [0.3, 0.4) is 0 Å². The van der Waals surface area contributed by atoms with Crippen LogP contribution in [-0.2, 0) is 0 Å². The van der Waals surface area contributed by atoms with Gasteiger partial charge in [-0.3, -0.25) is 4.79 Å². The van der Waals surface area contributed by atoms with E-state index in [0.29, 0.717) is 33.0 Å². The first-order valence-electron chi connectivity index (χ1n) is 9.12. The normalized spacial score (nSPS) is 11.3. The van der Waals surface area contributed by atoms with Gasteiger partial charge in [0.1, 0.15) is 22.2 Å². The summed E-state index contributed by atoms with van der Waals surface area (Å²) in [6.45, 7) is 1.51. The summed E-state index contributed by atoms with van der Waals surface area (Å²) in [6, 6.07) is 16.2. The lowest BCUT2D eigenvalue weighted by molar-refractivity contribution is 0.101. The molecule has 0 amide bonds. The molecule has 0 radical (unpaired) electrons. The van der Waals surface area contributed by atoms with Gasteiger partial charge in [-0.1, -0.05) is 15.9 Å². The molecule has 0 bridgehead atoms. The molecule has 4 rings (SSSR count). The average molecular weight is 492 g/mol. The summed E-state index contributed by atoms with van der Waals surface area (Å²) in [5.41, 5.74) is 2.44. The topological polar surface area (TPSA) is 96.0 Å². The van der Waals surface area contributed by atoms with Crippen molar-refractivity contribution in [3.63, 3.8) is 0 Å². The molecule has 2 heterocycles. The van der Waals surface area contributed by atoms with Gasteiger partial charge in [-0.25, -0.2) is 9.78 Å². The number of allylic oxidation sites excluding steroid dienone is 1. The monoisotopic (exact) mass is 491 g/mol. The number of thiazole rings is 1. The number of fused-ring (bicyclic) bond motifs is 1. The zero-order chi connectivity index (χ0) is 22.0. The van der Waals surface area contributed by atoms with E-state index < -0.39 is 5.63 Å². The van der Waals surface area contributed by atoms with E-state index in [1.54, 1.807) is 54.0 Å². The van der Waals surface area contributed by atoms with Crippen LogP contribution in [0.2, 0.25) is 0 Å². The molecule has 0 aliphatic carbocycles. The number of nitrogens with zero attached hydrogens (tertiary/aromatic N) is 2. The number of halogens is 1. The molecular formula is C23H14BrN3O3S. The van der Waals surface area contributed by atoms with Crippen LogP contribution in [-0.4, -0.2) is 10.8 Å².